The Kier molecular flexibility index (Phi) is 5.71. The minimum atomic E-state index is 0.130. The van der Waals surface area contributed by atoms with Gasteiger partial charge in [0.1, 0.15) is 5.69 Å². The van der Waals surface area contributed by atoms with Crippen molar-refractivity contribution in [2.45, 2.75) is 71.5 Å². The molecule has 4 heterocycles. The molecule has 6 heteroatoms. The molecule has 0 saturated carbocycles. The molecular weight excluding hydrogens is 374 g/mol. The topological polar surface area (TPSA) is 63.1 Å². The quantitative estimate of drug-likeness (QED) is 0.821. The number of piperidine rings is 3. The largest absolute Gasteiger partial charge is 0.354 e. The van der Waals surface area contributed by atoms with Gasteiger partial charge < -0.3 is 5.32 Å². The summed E-state index contributed by atoms with van der Waals surface area (Å²) in [5.41, 5.74) is 3.49. The number of benzene rings is 1. The molecule has 3 saturated heterocycles. The first-order valence-corrected chi connectivity index (χ1v) is 11.3. The van der Waals surface area contributed by atoms with Gasteiger partial charge in [0.05, 0.1) is 18.7 Å². The lowest BCUT2D eigenvalue weighted by molar-refractivity contribution is -0.133. The lowest BCUT2D eigenvalue weighted by Gasteiger charge is -2.49. The van der Waals surface area contributed by atoms with E-state index in [1.54, 1.807) is 0 Å². The number of carbonyl (C=O) groups excluding carboxylic acids is 1. The summed E-state index contributed by atoms with van der Waals surface area (Å²) >= 11 is 0. The number of hydrogen-bond acceptors (Lipinski definition) is 4. The van der Waals surface area contributed by atoms with Crippen LogP contribution in [0.2, 0.25) is 0 Å². The summed E-state index contributed by atoms with van der Waals surface area (Å²) in [7, 11) is 0. The minimum absolute atomic E-state index is 0.130. The van der Waals surface area contributed by atoms with Gasteiger partial charge >= 0.3 is 0 Å². The maximum absolute atomic E-state index is 12.5. The summed E-state index contributed by atoms with van der Waals surface area (Å²) in [5.74, 6) is 0.830. The third-order valence-electron chi connectivity index (χ3n) is 6.63. The van der Waals surface area contributed by atoms with Crippen LogP contribution in [0.1, 0.15) is 53.0 Å². The smallest absolute Gasteiger partial charge is 0.224 e. The molecule has 1 amide bonds. The van der Waals surface area contributed by atoms with Crippen molar-refractivity contribution in [1.82, 2.24) is 25.2 Å². The zero-order valence-corrected chi connectivity index (χ0v) is 18.9. The van der Waals surface area contributed by atoms with Crippen LogP contribution >= 0.6 is 0 Å². The first-order chi connectivity index (χ1) is 14.2. The molecule has 1 N–H and O–H groups in total. The minimum Gasteiger partial charge on any atom is -0.354 e. The van der Waals surface area contributed by atoms with Crippen molar-refractivity contribution in [3.63, 3.8) is 0 Å². The number of aromatic nitrogens is 3. The highest BCUT2D eigenvalue weighted by Crippen LogP contribution is 2.37. The Bertz CT molecular complexity index is 880. The van der Waals surface area contributed by atoms with Crippen molar-refractivity contribution in [2.24, 2.45) is 11.8 Å². The van der Waals surface area contributed by atoms with E-state index in [1.807, 2.05) is 18.5 Å². The summed E-state index contributed by atoms with van der Waals surface area (Å²) in [6, 6.07) is 9.28. The lowest BCUT2D eigenvalue weighted by Crippen LogP contribution is -2.58. The predicted molar refractivity (Wildman–Crippen MR) is 119 cm³/mol. The molecule has 3 aliphatic rings. The predicted octanol–water partition coefficient (Wildman–Crippen LogP) is 3.48. The average Bonchev–Trinajstić information content (AvgIpc) is 3.16. The number of carbonyl (C=O) groups is 1. The fourth-order valence-electron chi connectivity index (χ4n) is 4.89. The number of rotatable bonds is 5. The van der Waals surface area contributed by atoms with Crippen molar-refractivity contribution in [3.05, 3.63) is 36.0 Å². The third-order valence-corrected chi connectivity index (χ3v) is 6.63. The van der Waals surface area contributed by atoms with Crippen LogP contribution in [0.4, 0.5) is 0 Å². The second-order valence-corrected chi connectivity index (χ2v) is 10.4. The van der Waals surface area contributed by atoms with Crippen LogP contribution in [0.25, 0.3) is 11.3 Å². The van der Waals surface area contributed by atoms with Crippen LogP contribution in [0, 0.1) is 11.8 Å². The molecule has 2 aromatic rings. The third kappa shape index (κ3) is 4.43. The van der Waals surface area contributed by atoms with Crippen molar-refractivity contribution in [3.8, 4) is 11.3 Å². The van der Waals surface area contributed by atoms with Crippen LogP contribution in [-0.2, 0) is 16.8 Å². The van der Waals surface area contributed by atoms with Crippen molar-refractivity contribution in [2.75, 3.05) is 13.1 Å². The molecular formula is C24H35N5O. The first-order valence-electron chi connectivity index (χ1n) is 11.3. The molecule has 3 fully saturated rings. The maximum Gasteiger partial charge on any atom is 0.224 e. The molecule has 1 unspecified atom stereocenters. The van der Waals surface area contributed by atoms with E-state index in [1.165, 1.54) is 5.56 Å². The van der Waals surface area contributed by atoms with E-state index in [0.717, 1.165) is 43.7 Å². The van der Waals surface area contributed by atoms with Gasteiger partial charge in [-0.3, -0.25) is 14.4 Å². The maximum atomic E-state index is 12.5. The fraction of sp³-hybridized carbons (Fsp3) is 0.625. The highest BCUT2D eigenvalue weighted by molar-refractivity contribution is 5.79. The second-order valence-electron chi connectivity index (χ2n) is 10.4. The lowest BCUT2D eigenvalue weighted by atomic mass is 9.75. The van der Waals surface area contributed by atoms with E-state index in [0.29, 0.717) is 12.0 Å². The molecule has 0 aliphatic carbocycles. The molecule has 0 spiro atoms. The number of nitrogens with zero attached hydrogens (tertiary/aromatic N) is 4. The number of fused-ring (bicyclic) bond motifs is 3. The zero-order chi connectivity index (χ0) is 21.5. The monoisotopic (exact) mass is 409 g/mol. The highest BCUT2D eigenvalue weighted by atomic mass is 16.2. The van der Waals surface area contributed by atoms with Crippen LogP contribution in [0.5, 0.6) is 0 Å². The molecule has 30 heavy (non-hydrogen) atoms. The Morgan fingerprint density at radius 3 is 2.57 bits per heavy atom. The molecule has 1 aromatic carbocycles. The van der Waals surface area contributed by atoms with Gasteiger partial charge in [-0.05, 0) is 50.1 Å². The van der Waals surface area contributed by atoms with Crippen molar-refractivity contribution < 1.29 is 4.79 Å². The Balaban J connectivity index is 1.40. The highest BCUT2D eigenvalue weighted by Gasteiger charge is 2.43. The summed E-state index contributed by atoms with van der Waals surface area (Å²) in [4.78, 5) is 15.0. The summed E-state index contributed by atoms with van der Waals surface area (Å²) in [5, 5.41) is 11.9. The van der Waals surface area contributed by atoms with E-state index < -0.39 is 0 Å². The number of hydrogen-bond donors (Lipinski definition) is 1. The fourth-order valence-corrected chi connectivity index (χ4v) is 4.89. The van der Waals surface area contributed by atoms with E-state index in [-0.39, 0.29) is 23.3 Å². The normalized spacial score (nSPS) is 26.2. The SMILES string of the molecule is CC(C)NC(=O)[C@@H]1CN2CC[C@@H]1C[C@@H]2Cn1cc(-c2ccc(C(C)(C)C)cc2)nn1. The van der Waals surface area contributed by atoms with Gasteiger partial charge in [-0.25, -0.2) is 0 Å². The van der Waals surface area contributed by atoms with Gasteiger partial charge in [-0.2, -0.15) is 0 Å². The molecule has 3 aliphatic heterocycles. The van der Waals surface area contributed by atoms with Crippen LogP contribution in [0.3, 0.4) is 0 Å². The van der Waals surface area contributed by atoms with Crippen LogP contribution < -0.4 is 5.32 Å². The molecule has 2 bridgehead atoms. The summed E-state index contributed by atoms with van der Waals surface area (Å²) in [6.45, 7) is 13.5. The van der Waals surface area contributed by atoms with Gasteiger partial charge in [0, 0.05) is 24.2 Å². The second kappa shape index (κ2) is 8.14. The van der Waals surface area contributed by atoms with Crippen LogP contribution in [-0.4, -0.2) is 51.0 Å². The Hall–Kier alpha value is -2.21. The van der Waals surface area contributed by atoms with E-state index >= 15 is 0 Å². The molecule has 0 radical (unpaired) electrons. The number of nitrogens with one attached hydrogen (secondary N) is 1. The summed E-state index contributed by atoms with van der Waals surface area (Å²) in [6.07, 6.45) is 4.24. The molecule has 6 nitrogen and oxygen atoms in total. The molecule has 4 atom stereocenters. The molecule has 5 rings (SSSR count). The standard InChI is InChI=1S/C24H35N5O/c1-16(2)25-23(30)21-14-28-11-10-18(21)12-20(28)13-29-15-22(26-27-29)17-6-8-19(9-7-17)24(3,4)5/h6-9,15-16,18,20-21H,10-14H2,1-5H3,(H,25,30)/t18-,20-,21-/m1/s1. The van der Waals surface area contributed by atoms with E-state index in [9.17, 15) is 4.79 Å². The van der Waals surface area contributed by atoms with Gasteiger partial charge in [0.15, 0.2) is 0 Å². The summed E-state index contributed by atoms with van der Waals surface area (Å²) < 4.78 is 1.97. The van der Waals surface area contributed by atoms with Gasteiger partial charge in [0.25, 0.3) is 0 Å². The number of amides is 1. The van der Waals surface area contributed by atoms with Crippen molar-refractivity contribution >= 4 is 5.91 Å². The van der Waals surface area contributed by atoms with Gasteiger partial charge in [0.2, 0.25) is 5.91 Å². The van der Waals surface area contributed by atoms with E-state index in [2.05, 4.69) is 71.8 Å². The van der Waals surface area contributed by atoms with E-state index in [4.69, 9.17) is 0 Å². The Morgan fingerprint density at radius 2 is 1.97 bits per heavy atom. The van der Waals surface area contributed by atoms with Crippen molar-refractivity contribution in [1.29, 1.82) is 0 Å². The molecule has 1 aromatic heterocycles. The Morgan fingerprint density at radius 1 is 1.23 bits per heavy atom. The van der Waals surface area contributed by atoms with Gasteiger partial charge in [-0.1, -0.05) is 50.3 Å². The average molecular weight is 410 g/mol. The Labute approximate surface area is 180 Å². The molecule has 162 valence electrons. The van der Waals surface area contributed by atoms with Gasteiger partial charge in [-0.15, -0.1) is 5.10 Å². The first kappa shape index (κ1) is 21.0. The zero-order valence-electron chi connectivity index (χ0n) is 18.9. The van der Waals surface area contributed by atoms with Crippen LogP contribution in [0.15, 0.2) is 30.5 Å².